The van der Waals surface area contributed by atoms with Crippen molar-refractivity contribution < 1.29 is 0 Å². The Bertz CT molecular complexity index is 591. The van der Waals surface area contributed by atoms with Crippen molar-refractivity contribution in [2.24, 2.45) is 0 Å². The molecule has 0 aliphatic carbocycles. The van der Waals surface area contributed by atoms with Crippen molar-refractivity contribution in [1.29, 1.82) is 0 Å². The van der Waals surface area contributed by atoms with E-state index in [-0.39, 0.29) is 11.3 Å². The second-order valence-electron chi connectivity index (χ2n) is 6.74. The zero-order chi connectivity index (χ0) is 15.6. The molecule has 3 nitrogen and oxygen atoms in total. The van der Waals surface area contributed by atoms with Gasteiger partial charge >= 0.3 is 0 Å². The third-order valence-electron chi connectivity index (χ3n) is 3.86. The van der Waals surface area contributed by atoms with Gasteiger partial charge in [-0.05, 0) is 12.0 Å². The predicted molar refractivity (Wildman–Crippen MR) is 89.6 cm³/mol. The molecule has 1 atom stereocenters. The molecular weight excluding hydrogens is 258 g/mol. The minimum atomic E-state index is -0.00204. The zero-order valence-electron chi connectivity index (χ0n) is 13.9. The van der Waals surface area contributed by atoms with E-state index in [2.05, 4.69) is 63.5 Å². The van der Waals surface area contributed by atoms with E-state index in [1.165, 1.54) is 5.56 Å². The lowest BCUT2D eigenvalue weighted by molar-refractivity contribution is 0.497. The van der Waals surface area contributed by atoms with Crippen LogP contribution in [0.4, 0.5) is 5.82 Å². The Kier molecular flexibility index (Phi) is 4.40. The molecule has 2 N–H and O–H groups in total. The van der Waals surface area contributed by atoms with Crippen molar-refractivity contribution >= 4 is 5.82 Å². The monoisotopic (exact) mass is 285 g/mol. The fourth-order valence-electron chi connectivity index (χ4n) is 2.72. The number of nitrogens with two attached hydrogens (primary N) is 1. The van der Waals surface area contributed by atoms with Gasteiger partial charge in [0, 0.05) is 17.9 Å². The molecule has 1 aromatic carbocycles. The first-order valence-corrected chi connectivity index (χ1v) is 7.77. The standard InChI is InChI=1S/C18H27N3/c1-6-12-21-16(19)15(20-17(21)18(3,4)5)13(2)14-10-8-7-9-11-14/h7-11,13H,6,12,19H2,1-5H3. The highest BCUT2D eigenvalue weighted by atomic mass is 15.2. The van der Waals surface area contributed by atoms with Crippen LogP contribution >= 0.6 is 0 Å². The van der Waals surface area contributed by atoms with Gasteiger partial charge in [0.1, 0.15) is 11.6 Å². The van der Waals surface area contributed by atoms with E-state index in [1.807, 2.05) is 6.07 Å². The number of hydrogen-bond donors (Lipinski definition) is 1. The summed E-state index contributed by atoms with van der Waals surface area (Å²) in [5.41, 5.74) is 8.68. The molecule has 1 unspecified atom stereocenters. The molecule has 114 valence electrons. The van der Waals surface area contributed by atoms with Crippen LogP contribution in [0.5, 0.6) is 0 Å². The van der Waals surface area contributed by atoms with Crippen molar-refractivity contribution in [2.75, 3.05) is 5.73 Å². The first kappa shape index (κ1) is 15.6. The number of aromatic nitrogens is 2. The molecule has 0 amide bonds. The third-order valence-corrected chi connectivity index (χ3v) is 3.86. The van der Waals surface area contributed by atoms with Crippen LogP contribution in [-0.4, -0.2) is 9.55 Å². The van der Waals surface area contributed by atoms with E-state index >= 15 is 0 Å². The first-order chi connectivity index (χ1) is 9.86. The SMILES string of the molecule is CCCn1c(C(C)(C)C)nc(C(C)c2ccccc2)c1N. The van der Waals surface area contributed by atoms with E-state index in [1.54, 1.807) is 0 Å². The van der Waals surface area contributed by atoms with E-state index in [0.717, 1.165) is 30.3 Å². The summed E-state index contributed by atoms with van der Waals surface area (Å²) in [6, 6.07) is 10.4. The molecule has 2 aromatic rings. The Morgan fingerprint density at radius 3 is 2.33 bits per heavy atom. The Labute approximate surface area is 128 Å². The predicted octanol–water partition coefficient (Wildman–Crippen LogP) is 4.32. The summed E-state index contributed by atoms with van der Waals surface area (Å²) in [4.78, 5) is 4.91. The average Bonchev–Trinajstić information content (AvgIpc) is 2.77. The number of anilines is 1. The lowest BCUT2D eigenvalue weighted by Crippen LogP contribution is -2.19. The van der Waals surface area contributed by atoms with Crippen LogP contribution in [0.2, 0.25) is 0 Å². The quantitative estimate of drug-likeness (QED) is 0.909. The van der Waals surface area contributed by atoms with Crippen molar-refractivity contribution in [3.8, 4) is 0 Å². The van der Waals surface area contributed by atoms with Gasteiger partial charge in [-0.1, -0.05) is 65.0 Å². The highest BCUT2D eigenvalue weighted by molar-refractivity contribution is 5.45. The topological polar surface area (TPSA) is 43.8 Å². The number of nitrogens with zero attached hydrogens (tertiary/aromatic N) is 2. The van der Waals surface area contributed by atoms with Crippen molar-refractivity contribution in [1.82, 2.24) is 9.55 Å². The van der Waals surface area contributed by atoms with Gasteiger partial charge in [0.05, 0.1) is 5.69 Å². The van der Waals surface area contributed by atoms with Crippen LogP contribution in [0, 0.1) is 0 Å². The van der Waals surface area contributed by atoms with Crippen LogP contribution in [0.15, 0.2) is 30.3 Å². The van der Waals surface area contributed by atoms with E-state index in [9.17, 15) is 0 Å². The lowest BCUT2D eigenvalue weighted by Gasteiger charge is -2.19. The van der Waals surface area contributed by atoms with Crippen molar-refractivity contribution in [3.05, 3.63) is 47.4 Å². The second kappa shape index (κ2) is 5.92. The molecule has 0 aliphatic rings. The summed E-state index contributed by atoms with van der Waals surface area (Å²) in [5.74, 6) is 2.11. The number of benzene rings is 1. The van der Waals surface area contributed by atoms with Gasteiger partial charge in [-0.25, -0.2) is 4.98 Å². The van der Waals surface area contributed by atoms with Gasteiger partial charge in [-0.2, -0.15) is 0 Å². The van der Waals surface area contributed by atoms with Crippen LogP contribution in [0.25, 0.3) is 0 Å². The van der Waals surface area contributed by atoms with E-state index < -0.39 is 0 Å². The molecule has 3 heteroatoms. The van der Waals surface area contributed by atoms with E-state index in [4.69, 9.17) is 10.7 Å². The third kappa shape index (κ3) is 3.12. The first-order valence-electron chi connectivity index (χ1n) is 7.77. The summed E-state index contributed by atoms with van der Waals surface area (Å²) >= 11 is 0. The maximum atomic E-state index is 6.43. The normalized spacial score (nSPS) is 13.4. The summed E-state index contributed by atoms with van der Waals surface area (Å²) in [6.07, 6.45) is 1.06. The Morgan fingerprint density at radius 2 is 1.81 bits per heavy atom. The second-order valence-corrected chi connectivity index (χ2v) is 6.74. The van der Waals surface area contributed by atoms with Gasteiger partial charge in [-0.15, -0.1) is 0 Å². The molecule has 0 spiro atoms. The smallest absolute Gasteiger partial charge is 0.127 e. The fraction of sp³-hybridized carbons (Fsp3) is 0.500. The minimum absolute atomic E-state index is 0.00204. The zero-order valence-corrected chi connectivity index (χ0v) is 13.9. The Hall–Kier alpha value is -1.77. The Balaban J connectivity index is 2.50. The summed E-state index contributed by atoms with van der Waals surface area (Å²) < 4.78 is 2.19. The average molecular weight is 285 g/mol. The lowest BCUT2D eigenvalue weighted by atomic mass is 9.95. The molecule has 0 saturated heterocycles. The molecule has 0 fully saturated rings. The highest BCUT2D eigenvalue weighted by Crippen LogP contribution is 2.32. The maximum absolute atomic E-state index is 6.43. The number of rotatable bonds is 4. The molecule has 0 bridgehead atoms. The van der Waals surface area contributed by atoms with Gasteiger partial charge < -0.3 is 10.3 Å². The number of hydrogen-bond acceptors (Lipinski definition) is 2. The van der Waals surface area contributed by atoms with Crippen LogP contribution in [-0.2, 0) is 12.0 Å². The molecular formula is C18H27N3. The van der Waals surface area contributed by atoms with Crippen LogP contribution in [0.1, 0.15) is 64.0 Å². The minimum Gasteiger partial charge on any atom is -0.384 e. The van der Waals surface area contributed by atoms with E-state index in [0.29, 0.717) is 0 Å². The molecule has 0 aliphatic heterocycles. The van der Waals surface area contributed by atoms with Gasteiger partial charge in [0.25, 0.3) is 0 Å². The molecule has 0 saturated carbocycles. The Morgan fingerprint density at radius 1 is 1.19 bits per heavy atom. The molecule has 2 rings (SSSR count). The van der Waals surface area contributed by atoms with Crippen LogP contribution < -0.4 is 5.73 Å². The van der Waals surface area contributed by atoms with Crippen molar-refractivity contribution in [3.63, 3.8) is 0 Å². The van der Waals surface area contributed by atoms with Gasteiger partial charge in [-0.3, -0.25) is 0 Å². The highest BCUT2D eigenvalue weighted by Gasteiger charge is 2.26. The summed E-state index contributed by atoms with van der Waals surface area (Å²) in [7, 11) is 0. The fourth-order valence-corrected chi connectivity index (χ4v) is 2.72. The molecule has 0 radical (unpaired) electrons. The van der Waals surface area contributed by atoms with Crippen molar-refractivity contribution in [2.45, 2.75) is 58.9 Å². The number of imidazole rings is 1. The van der Waals surface area contributed by atoms with Gasteiger partial charge in [0.2, 0.25) is 0 Å². The molecule has 1 aromatic heterocycles. The largest absolute Gasteiger partial charge is 0.384 e. The molecule has 1 heterocycles. The summed E-state index contributed by atoms with van der Waals surface area (Å²) in [5, 5.41) is 0. The molecule has 21 heavy (non-hydrogen) atoms. The number of nitrogen functional groups attached to an aromatic ring is 1. The maximum Gasteiger partial charge on any atom is 0.127 e. The summed E-state index contributed by atoms with van der Waals surface area (Å²) in [6.45, 7) is 11.9. The van der Waals surface area contributed by atoms with Crippen LogP contribution in [0.3, 0.4) is 0 Å². The van der Waals surface area contributed by atoms with Gasteiger partial charge in [0.15, 0.2) is 0 Å².